The van der Waals surface area contributed by atoms with Gasteiger partial charge in [0.2, 0.25) is 0 Å². The summed E-state index contributed by atoms with van der Waals surface area (Å²) in [4.78, 5) is 14.4. The van der Waals surface area contributed by atoms with Gasteiger partial charge in [0.05, 0.1) is 0 Å². The number of hydrogen-bond donors (Lipinski definition) is 3. The van der Waals surface area contributed by atoms with Crippen molar-refractivity contribution in [3.63, 3.8) is 0 Å². The Hall–Kier alpha value is -1.62. The van der Waals surface area contributed by atoms with Crippen LogP contribution in [0.1, 0.15) is 16.1 Å². The van der Waals surface area contributed by atoms with Crippen molar-refractivity contribution < 1.29 is 9.90 Å². The third-order valence-electron chi connectivity index (χ3n) is 1.65. The fourth-order valence-electron chi connectivity index (χ4n) is 1.03. The second kappa shape index (κ2) is 3.86. The van der Waals surface area contributed by atoms with Crippen molar-refractivity contribution in [1.82, 2.24) is 4.98 Å². The minimum Gasteiger partial charge on any atom is -0.505 e. The summed E-state index contributed by atoms with van der Waals surface area (Å²) in [7, 11) is 0. The molecule has 0 fully saturated rings. The Morgan fingerprint density at radius 3 is 2.85 bits per heavy atom. The highest BCUT2D eigenvalue weighted by molar-refractivity contribution is 5.93. The molecule has 0 atom stereocenters. The Labute approximate surface area is 75.4 Å². The van der Waals surface area contributed by atoms with Gasteiger partial charge < -0.3 is 16.6 Å². The molecular weight excluding hydrogens is 170 g/mol. The van der Waals surface area contributed by atoms with Gasteiger partial charge in [-0.3, -0.25) is 4.79 Å². The van der Waals surface area contributed by atoms with Crippen LogP contribution >= 0.6 is 0 Å². The van der Waals surface area contributed by atoms with E-state index in [2.05, 4.69) is 4.98 Å². The standard InChI is InChI=1S/C8H11N3O2/c9-3-1-5-2-4-11-6(7(5)12)8(10)13/h2,4,12H,1,3,9H2,(H2,10,13). The lowest BCUT2D eigenvalue weighted by Gasteiger charge is -2.04. The number of hydrogen-bond acceptors (Lipinski definition) is 4. The average molecular weight is 181 g/mol. The fraction of sp³-hybridized carbons (Fsp3) is 0.250. The van der Waals surface area contributed by atoms with E-state index in [-0.39, 0.29) is 11.4 Å². The van der Waals surface area contributed by atoms with Crippen LogP contribution in [-0.2, 0) is 6.42 Å². The van der Waals surface area contributed by atoms with E-state index in [1.165, 1.54) is 6.20 Å². The number of amides is 1. The number of carbonyl (C=O) groups excluding carboxylic acids is 1. The number of nitrogens with zero attached hydrogens (tertiary/aromatic N) is 1. The lowest BCUT2D eigenvalue weighted by molar-refractivity contribution is 0.0992. The highest BCUT2D eigenvalue weighted by Gasteiger charge is 2.11. The summed E-state index contributed by atoms with van der Waals surface area (Å²) in [6, 6.07) is 1.61. The molecule has 0 aliphatic carbocycles. The molecule has 1 rings (SSSR count). The smallest absolute Gasteiger partial charge is 0.271 e. The van der Waals surface area contributed by atoms with E-state index in [1.807, 2.05) is 0 Å². The molecule has 0 aromatic carbocycles. The first kappa shape index (κ1) is 9.47. The molecule has 0 aliphatic rings. The highest BCUT2D eigenvalue weighted by atomic mass is 16.3. The molecule has 1 heterocycles. The van der Waals surface area contributed by atoms with Gasteiger partial charge in [-0.2, -0.15) is 0 Å². The minimum atomic E-state index is -0.739. The highest BCUT2D eigenvalue weighted by Crippen LogP contribution is 2.19. The van der Waals surface area contributed by atoms with Crippen LogP contribution in [0.2, 0.25) is 0 Å². The monoisotopic (exact) mass is 181 g/mol. The summed E-state index contributed by atoms with van der Waals surface area (Å²) in [5, 5.41) is 9.47. The lowest BCUT2D eigenvalue weighted by atomic mass is 10.1. The maximum Gasteiger partial charge on any atom is 0.271 e. The summed E-state index contributed by atoms with van der Waals surface area (Å²) < 4.78 is 0. The van der Waals surface area contributed by atoms with Gasteiger partial charge in [0.15, 0.2) is 5.69 Å². The molecule has 0 radical (unpaired) electrons. The van der Waals surface area contributed by atoms with Crippen molar-refractivity contribution >= 4 is 5.91 Å². The van der Waals surface area contributed by atoms with Crippen molar-refractivity contribution in [2.45, 2.75) is 6.42 Å². The molecule has 1 amide bonds. The van der Waals surface area contributed by atoms with Gasteiger partial charge in [0.1, 0.15) is 5.75 Å². The molecule has 13 heavy (non-hydrogen) atoms. The van der Waals surface area contributed by atoms with E-state index in [1.54, 1.807) is 6.07 Å². The van der Waals surface area contributed by atoms with Gasteiger partial charge in [-0.05, 0) is 24.6 Å². The maximum atomic E-state index is 10.7. The Morgan fingerprint density at radius 2 is 2.31 bits per heavy atom. The van der Waals surface area contributed by atoms with E-state index in [0.29, 0.717) is 18.5 Å². The molecule has 0 unspecified atom stereocenters. The first-order chi connectivity index (χ1) is 6.16. The van der Waals surface area contributed by atoms with Gasteiger partial charge in [-0.15, -0.1) is 0 Å². The number of rotatable bonds is 3. The van der Waals surface area contributed by atoms with Crippen LogP contribution in [0, 0.1) is 0 Å². The third kappa shape index (κ3) is 1.94. The molecule has 1 aromatic heterocycles. The Bertz CT molecular complexity index is 325. The molecule has 0 bridgehead atoms. The lowest BCUT2D eigenvalue weighted by Crippen LogP contribution is -2.14. The minimum absolute atomic E-state index is 0.106. The molecule has 70 valence electrons. The van der Waals surface area contributed by atoms with Crippen LogP contribution in [0.15, 0.2) is 12.3 Å². The number of aromatic hydroxyl groups is 1. The van der Waals surface area contributed by atoms with Crippen molar-refractivity contribution in [3.05, 3.63) is 23.5 Å². The molecule has 1 aromatic rings. The van der Waals surface area contributed by atoms with Gasteiger partial charge in [0.25, 0.3) is 5.91 Å². The maximum absolute atomic E-state index is 10.7. The van der Waals surface area contributed by atoms with Crippen molar-refractivity contribution in [3.8, 4) is 5.75 Å². The topological polar surface area (TPSA) is 102 Å². The van der Waals surface area contributed by atoms with E-state index < -0.39 is 5.91 Å². The summed E-state index contributed by atoms with van der Waals surface area (Å²) >= 11 is 0. The van der Waals surface area contributed by atoms with E-state index >= 15 is 0 Å². The normalized spacial score (nSPS) is 9.92. The number of carbonyl (C=O) groups is 1. The van der Waals surface area contributed by atoms with Crippen LogP contribution < -0.4 is 11.5 Å². The van der Waals surface area contributed by atoms with Crippen LogP contribution in [-0.4, -0.2) is 22.5 Å². The molecule has 5 N–H and O–H groups in total. The fourth-order valence-corrected chi connectivity index (χ4v) is 1.03. The van der Waals surface area contributed by atoms with Crippen LogP contribution in [0.5, 0.6) is 5.75 Å². The van der Waals surface area contributed by atoms with Crippen LogP contribution in [0.4, 0.5) is 0 Å². The van der Waals surface area contributed by atoms with Gasteiger partial charge in [-0.25, -0.2) is 4.98 Å². The van der Waals surface area contributed by atoms with Gasteiger partial charge in [-0.1, -0.05) is 0 Å². The summed E-state index contributed by atoms with van der Waals surface area (Å²) in [5.41, 5.74) is 10.8. The zero-order valence-corrected chi connectivity index (χ0v) is 7.03. The average Bonchev–Trinajstić information content (AvgIpc) is 2.08. The zero-order chi connectivity index (χ0) is 9.84. The summed E-state index contributed by atoms with van der Waals surface area (Å²) in [6.45, 7) is 0.399. The molecule has 5 nitrogen and oxygen atoms in total. The van der Waals surface area contributed by atoms with E-state index in [4.69, 9.17) is 11.5 Å². The Balaban J connectivity index is 3.10. The first-order valence-corrected chi connectivity index (χ1v) is 3.83. The quantitative estimate of drug-likeness (QED) is 0.578. The largest absolute Gasteiger partial charge is 0.505 e. The predicted octanol–water partition coefficient (Wildman–Crippen LogP) is -0.613. The van der Waals surface area contributed by atoms with Crippen LogP contribution in [0.25, 0.3) is 0 Å². The second-order valence-corrected chi connectivity index (χ2v) is 2.57. The number of nitrogens with two attached hydrogens (primary N) is 2. The first-order valence-electron chi connectivity index (χ1n) is 3.83. The number of primary amides is 1. The SMILES string of the molecule is NCCc1ccnc(C(N)=O)c1O. The van der Waals surface area contributed by atoms with Gasteiger partial charge >= 0.3 is 0 Å². The molecule has 0 saturated carbocycles. The summed E-state index contributed by atoms with van der Waals surface area (Å²) in [6.07, 6.45) is 1.92. The third-order valence-corrected chi connectivity index (χ3v) is 1.65. The van der Waals surface area contributed by atoms with Crippen LogP contribution in [0.3, 0.4) is 0 Å². The molecule has 5 heteroatoms. The number of pyridine rings is 1. The molecule has 0 aliphatic heterocycles. The van der Waals surface area contributed by atoms with Crippen molar-refractivity contribution in [1.29, 1.82) is 0 Å². The van der Waals surface area contributed by atoms with Gasteiger partial charge in [0, 0.05) is 6.20 Å². The number of aromatic nitrogens is 1. The predicted molar refractivity (Wildman–Crippen MR) is 47.2 cm³/mol. The van der Waals surface area contributed by atoms with Crippen molar-refractivity contribution in [2.75, 3.05) is 6.54 Å². The van der Waals surface area contributed by atoms with E-state index in [0.717, 1.165) is 0 Å². The Morgan fingerprint density at radius 1 is 1.62 bits per heavy atom. The molecule has 0 saturated heterocycles. The second-order valence-electron chi connectivity index (χ2n) is 2.57. The zero-order valence-electron chi connectivity index (χ0n) is 7.03. The molecular formula is C8H11N3O2. The Kier molecular flexibility index (Phi) is 2.81. The van der Waals surface area contributed by atoms with E-state index in [9.17, 15) is 9.90 Å². The van der Waals surface area contributed by atoms with Crippen molar-refractivity contribution in [2.24, 2.45) is 11.5 Å². The summed E-state index contributed by atoms with van der Waals surface area (Å²) in [5.74, 6) is -0.906. The molecule has 0 spiro atoms.